The number of nitrogens with two attached hydrogens (primary N) is 1. The maximum absolute atomic E-state index is 13.2. The smallest absolute Gasteiger partial charge is 0.256 e. The average Bonchev–Trinajstić information content (AvgIpc) is 2.91. The normalized spacial score (nSPS) is 18.7. The van der Waals surface area contributed by atoms with E-state index < -0.39 is 15.0 Å². The number of fused-ring (bicyclic) bond motifs is 1. The Morgan fingerprint density at radius 1 is 0.931 bits per heavy atom. The zero-order chi connectivity index (χ0) is 20.8. The Bertz CT molecular complexity index is 1200. The lowest BCUT2D eigenvalue weighted by molar-refractivity contribution is 0.0702. The fraction of sp³-hybridized carbons (Fsp3) is 0.0952. The van der Waals surface area contributed by atoms with Gasteiger partial charge in [-0.1, -0.05) is 65.7 Å². The molecule has 0 bridgehead atoms. The molecule has 1 heterocycles. The Balaban J connectivity index is 1.79. The second kappa shape index (κ2) is 7.15. The lowest BCUT2D eigenvalue weighted by atomic mass is 9.97. The summed E-state index contributed by atoms with van der Waals surface area (Å²) in [7, 11) is -3.79. The minimum absolute atomic E-state index is 0.00659. The number of alkyl halides is 1. The van der Waals surface area contributed by atoms with Crippen LogP contribution in [0.4, 0.5) is 0 Å². The van der Waals surface area contributed by atoms with Crippen molar-refractivity contribution in [1.82, 2.24) is 4.90 Å². The van der Waals surface area contributed by atoms with E-state index in [0.717, 1.165) is 5.56 Å². The number of carbonyl (C=O) groups is 1. The summed E-state index contributed by atoms with van der Waals surface area (Å²) in [6.45, 7) is 0.185. The van der Waals surface area contributed by atoms with Crippen LogP contribution in [0.15, 0.2) is 77.7 Å². The van der Waals surface area contributed by atoms with E-state index in [2.05, 4.69) is 0 Å². The Kier molecular flexibility index (Phi) is 4.91. The molecule has 2 N–H and O–H groups in total. The van der Waals surface area contributed by atoms with E-state index >= 15 is 0 Å². The Morgan fingerprint density at radius 3 is 2.17 bits per heavy atom. The molecule has 1 atom stereocenters. The number of sulfonamides is 1. The third kappa shape index (κ3) is 3.42. The monoisotopic (exact) mass is 446 g/mol. The van der Waals surface area contributed by atoms with Gasteiger partial charge in [0.1, 0.15) is 0 Å². The van der Waals surface area contributed by atoms with E-state index in [0.29, 0.717) is 21.7 Å². The Morgan fingerprint density at radius 2 is 1.55 bits per heavy atom. The van der Waals surface area contributed by atoms with E-state index in [1.807, 2.05) is 12.1 Å². The van der Waals surface area contributed by atoms with Gasteiger partial charge in [0, 0.05) is 22.7 Å². The number of hydrogen-bond acceptors (Lipinski definition) is 3. The molecule has 1 unspecified atom stereocenters. The predicted octanol–water partition coefficient (Wildman–Crippen LogP) is 4.08. The Hall–Kier alpha value is -2.38. The van der Waals surface area contributed by atoms with Crippen molar-refractivity contribution in [1.29, 1.82) is 0 Å². The summed E-state index contributed by atoms with van der Waals surface area (Å²) in [6.07, 6.45) is 0. The first-order chi connectivity index (χ1) is 13.7. The molecule has 3 aromatic carbocycles. The second-order valence-electron chi connectivity index (χ2n) is 6.75. The molecule has 0 spiro atoms. The van der Waals surface area contributed by atoms with E-state index in [4.69, 9.17) is 28.3 Å². The number of primary sulfonamides is 1. The molecule has 0 saturated carbocycles. The van der Waals surface area contributed by atoms with Gasteiger partial charge < -0.3 is 4.90 Å². The number of rotatable bonds is 4. The molecule has 0 aliphatic carbocycles. The van der Waals surface area contributed by atoms with E-state index in [1.165, 1.54) is 12.1 Å². The van der Waals surface area contributed by atoms with Gasteiger partial charge in [-0.15, -0.1) is 0 Å². The number of amides is 1. The van der Waals surface area contributed by atoms with Crippen LogP contribution in [0.1, 0.15) is 27.0 Å². The van der Waals surface area contributed by atoms with E-state index in [-0.39, 0.29) is 17.3 Å². The minimum atomic E-state index is -3.79. The summed E-state index contributed by atoms with van der Waals surface area (Å²) in [4.78, 5) is 13.5. The van der Waals surface area contributed by atoms with Crippen LogP contribution in [0.2, 0.25) is 5.02 Å². The molecule has 5 nitrogen and oxygen atoms in total. The molecule has 148 valence electrons. The largest absolute Gasteiger partial charge is 0.307 e. The van der Waals surface area contributed by atoms with Gasteiger partial charge in [0.2, 0.25) is 10.0 Å². The maximum atomic E-state index is 13.2. The lowest BCUT2D eigenvalue weighted by Crippen LogP contribution is -2.39. The van der Waals surface area contributed by atoms with Crippen molar-refractivity contribution >= 4 is 39.1 Å². The third-order valence-corrected chi connectivity index (χ3v) is 6.76. The van der Waals surface area contributed by atoms with Crippen molar-refractivity contribution in [3.63, 3.8) is 0 Å². The number of halogens is 2. The molecule has 4 rings (SSSR count). The highest BCUT2D eigenvalue weighted by atomic mass is 35.5. The number of carbonyl (C=O) groups excluding carboxylic acids is 1. The molecular weight excluding hydrogens is 431 g/mol. The van der Waals surface area contributed by atoms with Gasteiger partial charge in [-0.3, -0.25) is 4.79 Å². The van der Waals surface area contributed by atoms with Gasteiger partial charge in [-0.25, -0.2) is 13.6 Å². The summed E-state index contributed by atoms with van der Waals surface area (Å²) < 4.78 is 23.0. The molecule has 1 amide bonds. The predicted molar refractivity (Wildman–Crippen MR) is 112 cm³/mol. The number of benzene rings is 3. The standard InChI is InChI=1S/C21H16Cl2N2O3S/c22-16-9-7-15(8-10-16)21(23)19-4-2-1-3-18(19)20(26)25(21)13-14-5-11-17(12-6-14)29(24,27)28/h1-12H,13H2,(H2,24,27,28). The highest BCUT2D eigenvalue weighted by Crippen LogP contribution is 2.48. The summed E-state index contributed by atoms with van der Waals surface area (Å²) in [6, 6.07) is 20.3. The van der Waals surface area contributed by atoms with E-state index in [1.54, 1.807) is 53.4 Å². The SMILES string of the molecule is NS(=O)(=O)c1ccc(CN2C(=O)c3ccccc3C2(Cl)c2ccc(Cl)cc2)cc1. The highest BCUT2D eigenvalue weighted by Gasteiger charge is 2.49. The quantitative estimate of drug-likeness (QED) is 0.484. The molecule has 8 heteroatoms. The van der Waals surface area contributed by atoms with Crippen molar-refractivity contribution in [2.75, 3.05) is 0 Å². The molecule has 0 aromatic heterocycles. The summed E-state index contributed by atoms with van der Waals surface area (Å²) in [5.74, 6) is -0.207. The first-order valence-electron chi connectivity index (χ1n) is 8.69. The van der Waals surface area contributed by atoms with Crippen LogP contribution in [-0.4, -0.2) is 19.2 Å². The maximum Gasteiger partial charge on any atom is 0.256 e. The number of nitrogens with zero attached hydrogens (tertiary/aromatic N) is 1. The molecule has 0 saturated heterocycles. The van der Waals surface area contributed by atoms with Crippen LogP contribution < -0.4 is 5.14 Å². The molecule has 1 aliphatic rings. The number of hydrogen-bond donors (Lipinski definition) is 1. The van der Waals surface area contributed by atoms with Gasteiger partial charge in [-0.2, -0.15) is 0 Å². The van der Waals surface area contributed by atoms with Crippen LogP contribution in [-0.2, 0) is 21.6 Å². The van der Waals surface area contributed by atoms with Gasteiger partial charge in [-0.05, 0) is 41.5 Å². The zero-order valence-corrected chi connectivity index (χ0v) is 17.4. The summed E-state index contributed by atoms with van der Waals surface area (Å²) in [5, 5.41) is 5.72. The van der Waals surface area contributed by atoms with Crippen molar-refractivity contribution in [2.24, 2.45) is 5.14 Å². The van der Waals surface area contributed by atoms with Crippen LogP contribution in [0.5, 0.6) is 0 Å². The van der Waals surface area contributed by atoms with Crippen molar-refractivity contribution in [2.45, 2.75) is 16.4 Å². The topological polar surface area (TPSA) is 80.5 Å². The summed E-state index contributed by atoms with van der Waals surface area (Å²) >= 11 is 13.2. The van der Waals surface area contributed by atoms with Gasteiger partial charge in [0.15, 0.2) is 5.00 Å². The zero-order valence-electron chi connectivity index (χ0n) is 15.0. The molecule has 1 aliphatic heterocycles. The van der Waals surface area contributed by atoms with Crippen LogP contribution in [0, 0.1) is 0 Å². The van der Waals surface area contributed by atoms with Gasteiger partial charge in [0.05, 0.1) is 4.90 Å². The van der Waals surface area contributed by atoms with Crippen molar-refractivity contribution in [3.05, 3.63) is 100 Å². The molecule has 3 aromatic rings. The summed E-state index contributed by atoms with van der Waals surface area (Å²) in [5.41, 5.74) is 2.65. The van der Waals surface area contributed by atoms with Crippen molar-refractivity contribution < 1.29 is 13.2 Å². The average molecular weight is 447 g/mol. The first-order valence-corrected chi connectivity index (χ1v) is 11.0. The highest BCUT2D eigenvalue weighted by molar-refractivity contribution is 7.89. The molecule has 0 fully saturated rings. The van der Waals surface area contributed by atoms with Crippen LogP contribution in [0.3, 0.4) is 0 Å². The minimum Gasteiger partial charge on any atom is -0.307 e. The second-order valence-corrected chi connectivity index (χ2v) is 9.30. The molecule has 0 radical (unpaired) electrons. The fourth-order valence-electron chi connectivity index (χ4n) is 3.52. The Labute approximate surface area is 178 Å². The van der Waals surface area contributed by atoms with Crippen LogP contribution >= 0.6 is 23.2 Å². The first kappa shape index (κ1) is 19.9. The van der Waals surface area contributed by atoms with Crippen molar-refractivity contribution in [3.8, 4) is 0 Å². The third-order valence-electron chi connectivity index (χ3n) is 4.95. The van der Waals surface area contributed by atoms with Gasteiger partial charge >= 0.3 is 0 Å². The van der Waals surface area contributed by atoms with E-state index in [9.17, 15) is 13.2 Å². The lowest BCUT2D eigenvalue weighted by Gasteiger charge is -2.34. The molecule has 29 heavy (non-hydrogen) atoms. The molecular formula is C21H16Cl2N2O3S. The fourth-order valence-corrected chi connectivity index (χ4v) is 4.59. The van der Waals surface area contributed by atoms with Gasteiger partial charge in [0.25, 0.3) is 5.91 Å². The van der Waals surface area contributed by atoms with Crippen LogP contribution in [0.25, 0.3) is 0 Å².